The summed E-state index contributed by atoms with van der Waals surface area (Å²) in [6.07, 6.45) is 0.522. The molecule has 4 heteroatoms. The first-order valence-corrected chi connectivity index (χ1v) is 6.73. The summed E-state index contributed by atoms with van der Waals surface area (Å²) in [6.45, 7) is 9.39. The highest BCUT2D eigenvalue weighted by Gasteiger charge is 2.21. The summed E-state index contributed by atoms with van der Waals surface area (Å²) in [7, 11) is 0. The molecule has 20 heavy (non-hydrogen) atoms. The van der Waals surface area contributed by atoms with Gasteiger partial charge in [0.1, 0.15) is 11.9 Å². The Morgan fingerprint density at radius 3 is 2.50 bits per heavy atom. The molecule has 4 nitrogen and oxygen atoms in total. The number of amides is 1. The Balaban J connectivity index is 2.89. The lowest BCUT2D eigenvalue weighted by atomic mass is 9.97. The smallest absolute Gasteiger partial charge is 0.408 e. The predicted molar refractivity (Wildman–Crippen MR) is 78.7 cm³/mol. The van der Waals surface area contributed by atoms with Gasteiger partial charge in [0, 0.05) is 6.42 Å². The monoisotopic (exact) mass is 277 g/mol. The summed E-state index contributed by atoms with van der Waals surface area (Å²) in [5.74, 6) is 0. The van der Waals surface area contributed by atoms with Gasteiger partial charge in [-0.2, -0.15) is 0 Å². The van der Waals surface area contributed by atoms with E-state index in [1.807, 2.05) is 32.0 Å². The number of alkyl carbamates (subject to hydrolysis) is 1. The Morgan fingerprint density at radius 1 is 1.35 bits per heavy atom. The third kappa shape index (κ3) is 5.03. The maximum atomic E-state index is 11.8. The highest BCUT2D eigenvalue weighted by Crippen LogP contribution is 2.22. The van der Waals surface area contributed by atoms with Gasteiger partial charge in [-0.3, -0.25) is 0 Å². The molecule has 0 saturated heterocycles. The maximum Gasteiger partial charge on any atom is 0.408 e. The normalized spacial score (nSPS) is 12.7. The Labute approximate surface area is 120 Å². The van der Waals surface area contributed by atoms with Gasteiger partial charge in [0.15, 0.2) is 0 Å². The first-order valence-electron chi connectivity index (χ1n) is 6.73. The van der Waals surface area contributed by atoms with Crippen LogP contribution in [0.2, 0.25) is 0 Å². The van der Waals surface area contributed by atoms with Crippen molar-refractivity contribution in [3.63, 3.8) is 0 Å². The van der Waals surface area contributed by atoms with Gasteiger partial charge in [0.25, 0.3) is 0 Å². The van der Waals surface area contributed by atoms with Crippen LogP contribution in [0.1, 0.15) is 49.9 Å². The number of carbonyl (C=O) groups is 2. The number of rotatable bonds is 4. The number of aryl methyl sites for hydroxylation is 2. The number of ether oxygens (including phenoxy) is 1. The van der Waals surface area contributed by atoms with Crippen LogP contribution in [0, 0.1) is 13.8 Å². The van der Waals surface area contributed by atoms with Crippen LogP contribution in [0.5, 0.6) is 0 Å². The molecule has 0 radical (unpaired) electrons. The molecule has 0 fully saturated rings. The van der Waals surface area contributed by atoms with Crippen LogP contribution in [0.3, 0.4) is 0 Å². The van der Waals surface area contributed by atoms with Crippen molar-refractivity contribution in [2.45, 2.75) is 52.7 Å². The fourth-order valence-electron chi connectivity index (χ4n) is 2.03. The van der Waals surface area contributed by atoms with Crippen molar-refractivity contribution in [1.82, 2.24) is 5.32 Å². The van der Waals surface area contributed by atoms with Gasteiger partial charge >= 0.3 is 6.09 Å². The van der Waals surface area contributed by atoms with Crippen LogP contribution in [-0.4, -0.2) is 18.0 Å². The molecular weight excluding hydrogens is 254 g/mol. The zero-order chi connectivity index (χ0) is 15.3. The third-order valence-corrected chi connectivity index (χ3v) is 2.82. The first kappa shape index (κ1) is 16.2. The minimum Gasteiger partial charge on any atom is -0.444 e. The quantitative estimate of drug-likeness (QED) is 0.857. The molecule has 0 bridgehead atoms. The molecule has 1 atom stereocenters. The van der Waals surface area contributed by atoms with Crippen LogP contribution < -0.4 is 5.32 Å². The summed E-state index contributed by atoms with van der Waals surface area (Å²) in [6, 6.07) is 5.58. The fraction of sp³-hybridized carbons (Fsp3) is 0.500. The van der Waals surface area contributed by atoms with Crippen LogP contribution in [0.15, 0.2) is 18.2 Å². The zero-order valence-corrected chi connectivity index (χ0v) is 12.8. The Kier molecular flexibility index (Phi) is 5.31. The van der Waals surface area contributed by atoms with Crippen molar-refractivity contribution >= 4 is 12.4 Å². The number of carbonyl (C=O) groups excluding carboxylic acids is 2. The second kappa shape index (κ2) is 6.55. The van der Waals surface area contributed by atoms with Gasteiger partial charge in [-0.15, -0.1) is 0 Å². The molecule has 0 saturated carbocycles. The minimum atomic E-state index is -0.557. The average molecular weight is 277 g/mol. The molecule has 1 N–H and O–H groups in total. The Bertz CT molecular complexity index is 489. The van der Waals surface area contributed by atoms with Crippen molar-refractivity contribution in [3.8, 4) is 0 Å². The van der Waals surface area contributed by atoms with Gasteiger partial charge < -0.3 is 14.8 Å². The molecule has 0 heterocycles. The van der Waals surface area contributed by atoms with E-state index in [0.717, 1.165) is 23.0 Å². The Hall–Kier alpha value is -1.84. The molecule has 0 unspecified atom stereocenters. The summed E-state index contributed by atoms with van der Waals surface area (Å²) < 4.78 is 5.23. The van der Waals surface area contributed by atoms with E-state index in [9.17, 15) is 9.59 Å². The second-order valence-electron chi connectivity index (χ2n) is 5.96. The SMILES string of the molecule is Cc1ccc([C@@H](CC=O)NC(=O)OC(C)(C)C)c(C)c1. The number of nitrogens with one attached hydrogen (secondary N) is 1. The zero-order valence-electron chi connectivity index (χ0n) is 12.8. The standard InChI is InChI=1S/C16H23NO3/c1-11-6-7-13(12(2)10-11)14(8-9-18)17-15(19)20-16(3,4)5/h6-7,9-10,14H,8H2,1-5H3,(H,17,19)/t14-/m1/s1. The molecule has 0 aliphatic heterocycles. The van der Waals surface area contributed by atoms with Crippen molar-refractivity contribution in [1.29, 1.82) is 0 Å². The topological polar surface area (TPSA) is 55.4 Å². The van der Waals surface area contributed by atoms with Crippen LogP contribution >= 0.6 is 0 Å². The molecule has 1 aromatic carbocycles. The molecule has 0 aliphatic rings. The third-order valence-electron chi connectivity index (χ3n) is 2.82. The van der Waals surface area contributed by atoms with E-state index in [1.165, 1.54) is 0 Å². The van der Waals surface area contributed by atoms with Gasteiger partial charge in [0.2, 0.25) is 0 Å². The first-order chi connectivity index (χ1) is 9.23. The van der Waals surface area contributed by atoms with E-state index in [4.69, 9.17) is 4.74 Å². The lowest BCUT2D eigenvalue weighted by molar-refractivity contribution is -0.108. The van der Waals surface area contributed by atoms with Crippen molar-refractivity contribution in [2.75, 3.05) is 0 Å². The van der Waals surface area contributed by atoms with Gasteiger partial charge in [-0.25, -0.2) is 4.79 Å². The largest absolute Gasteiger partial charge is 0.444 e. The lowest BCUT2D eigenvalue weighted by Gasteiger charge is -2.24. The number of aldehydes is 1. The molecule has 1 rings (SSSR count). The second-order valence-corrected chi connectivity index (χ2v) is 5.96. The molecular formula is C16H23NO3. The van der Waals surface area contributed by atoms with E-state index in [-0.39, 0.29) is 12.5 Å². The number of benzene rings is 1. The Morgan fingerprint density at radius 2 is 2.00 bits per heavy atom. The number of hydrogen-bond acceptors (Lipinski definition) is 3. The van der Waals surface area contributed by atoms with Crippen molar-refractivity contribution < 1.29 is 14.3 Å². The molecule has 1 aromatic rings. The van der Waals surface area contributed by atoms with Crippen LogP contribution in [0.4, 0.5) is 4.79 Å². The summed E-state index contributed by atoms with van der Waals surface area (Å²) in [5, 5.41) is 2.76. The summed E-state index contributed by atoms with van der Waals surface area (Å²) in [4.78, 5) is 22.7. The molecule has 110 valence electrons. The van der Waals surface area contributed by atoms with Crippen LogP contribution in [-0.2, 0) is 9.53 Å². The van der Waals surface area contributed by atoms with E-state index in [0.29, 0.717) is 0 Å². The van der Waals surface area contributed by atoms with Gasteiger partial charge in [-0.05, 0) is 45.7 Å². The van der Waals surface area contributed by atoms with E-state index in [2.05, 4.69) is 5.32 Å². The van der Waals surface area contributed by atoms with Gasteiger partial charge in [0.05, 0.1) is 6.04 Å². The summed E-state index contributed by atoms with van der Waals surface area (Å²) >= 11 is 0. The molecule has 1 amide bonds. The predicted octanol–water partition coefficient (Wildman–Crippen LogP) is 3.46. The molecule has 0 aromatic heterocycles. The summed E-state index contributed by atoms with van der Waals surface area (Å²) in [5.41, 5.74) is 2.58. The molecule has 0 spiro atoms. The highest BCUT2D eigenvalue weighted by molar-refractivity contribution is 5.69. The van der Waals surface area contributed by atoms with Gasteiger partial charge in [-0.1, -0.05) is 23.8 Å². The lowest BCUT2D eigenvalue weighted by Crippen LogP contribution is -2.35. The average Bonchev–Trinajstić information content (AvgIpc) is 2.25. The maximum absolute atomic E-state index is 11.8. The van der Waals surface area contributed by atoms with E-state index < -0.39 is 11.7 Å². The molecule has 0 aliphatic carbocycles. The number of hydrogen-bond donors (Lipinski definition) is 1. The van der Waals surface area contributed by atoms with Crippen molar-refractivity contribution in [3.05, 3.63) is 34.9 Å². The fourth-order valence-corrected chi connectivity index (χ4v) is 2.03. The highest BCUT2D eigenvalue weighted by atomic mass is 16.6. The van der Waals surface area contributed by atoms with E-state index >= 15 is 0 Å². The van der Waals surface area contributed by atoms with E-state index in [1.54, 1.807) is 20.8 Å². The van der Waals surface area contributed by atoms with Crippen LogP contribution in [0.25, 0.3) is 0 Å². The minimum absolute atomic E-state index is 0.225. The van der Waals surface area contributed by atoms with Crippen molar-refractivity contribution in [2.24, 2.45) is 0 Å².